The zero-order valence-corrected chi connectivity index (χ0v) is 19.4. The number of carbonyl (C=O) groups excluding carboxylic acids is 1. The fourth-order valence-corrected chi connectivity index (χ4v) is 4.28. The van der Waals surface area contributed by atoms with Crippen molar-refractivity contribution < 1.29 is 13.7 Å². The van der Waals surface area contributed by atoms with Crippen molar-refractivity contribution in [3.05, 3.63) is 87.8 Å². The molecule has 33 heavy (non-hydrogen) atoms. The molecule has 4 rings (SSSR count). The molecule has 1 aliphatic rings. The molecule has 1 aromatic heterocycles. The number of amides is 1. The number of hydrogen-bond donors (Lipinski definition) is 0. The second kappa shape index (κ2) is 10.3. The summed E-state index contributed by atoms with van der Waals surface area (Å²) >= 11 is 6.18. The Morgan fingerprint density at radius 1 is 1.24 bits per heavy atom. The Morgan fingerprint density at radius 2 is 2.03 bits per heavy atom. The number of benzene rings is 2. The van der Waals surface area contributed by atoms with Gasteiger partial charge in [-0.1, -0.05) is 35.0 Å². The van der Waals surface area contributed by atoms with E-state index < -0.39 is 0 Å². The summed E-state index contributed by atoms with van der Waals surface area (Å²) in [5.74, 6) is 0.819. The van der Waals surface area contributed by atoms with Crippen molar-refractivity contribution >= 4 is 23.6 Å². The molecule has 3 aromatic rings. The van der Waals surface area contributed by atoms with E-state index in [1.54, 1.807) is 31.2 Å². The van der Waals surface area contributed by atoms with Crippen molar-refractivity contribution in [3.8, 4) is 0 Å². The first kappa shape index (κ1) is 23.1. The summed E-state index contributed by atoms with van der Waals surface area (Å²) < 4.78 is 18.2. The van der Waals surface area contributed by atoms with Gasteiger partial charge in [0, 0.05) is 56.7 Å². The number of aromatic nitrogens is 2. The van der Waals surface area contributed by atoms with Gasteiger partial charge in [-0.15, -0.1) is 0 Å². The highest BCUT2D eigenvalue weighted by atomic mass is 35.5. The highest BCUT2D eigenvalue weighted by Gasteiger charge is 2.26. The van der Waals surface area contributed by atoms with Gasteiger partial charge >= 0.3 is 0 Å². The first-order chi connectivity index (χ1) is 15.9. The van der Waals surface area contributed by atoms with Gasteiger partial charge in [-0.25, -0.2) is 4.39 Å². The van der Waals surface area contributed by atoms with Crippen LogP contribution in [0.2, 0.25) is 5.02 Å². The molecule has 0 radical (unpaired) electrons. The van der Waals surface area contributed by atoms with Crippen LogP contribution in [0.25, 0.3) is 6.08 Å². The molecule has 0 unspecified atom stereocenters. The quantitative estimate of drug-likeness (QED) is 0.498. The van der Waals surface area contributed by atoms with Crippen LogP contribution in [0.15, 0.2) is 53.1 Å². The minimum Gasteiger partial charge on any atom is -0.340 e. The lowest BCUT2D eigenvalue weighted by Gasteiger charge is -2.39. The predicted molar refractivity (Wildman–Crippen MR) is 125 cm³/mol. The standard InChI is InChI=1S/C25H26ClFN4O2/c1-17-15-30(16-19-3-8-23(27)9-4-19)11-12-31(17)25(32)10-6-20-5-7-22(26)13-21(20)14-24-28-18(2)33-29-24/h3-10,13,17H,11-12,14-16H2,1-2H3/t17-/m1/s1. The number of carbonyl (C=O) groups is 1. The van der Waals surface area contributed by atoms with Gasteiger partial charge in [0.05, 0.1) is 0 Å². The van der Waals surface area contributed by atoms with Gasteiger partial charge in [-0.3, -0.25) is 9.69 Å². The molecule has 6 nitrogen and oxygen atoms in total. The third-order valence-corrected chi connectivity index (χ3v) is 5.98. The Bertz CT molecular complexity index is 1150. The maximum Gasteiger partial charge on any atom is 0.246 e. The number of aryl methyl sites for hydroxylation is 1. The molecule has 0 aliphatic carbocycles. The summed E-state index contributed by atoms with van der Waals surface area (Å²) in [6, 6.07) is 12.2. The number of nitrogens with zero attached hydrogens (tertiary/aromatic N) is 4. The van der Waals surface area contributed by atoms with Crippen molar-refractivity contribution in [1.29, 1.82) is 0 Å². The Hall–Kier alpha value is -3.03. The fourth-order valence-electron chi connectivity index (χ4n) is 4.08. The molecular weight excluding hydrogens is 443 g/mol. The smallest absolute Gasteiger partial charge is 0.246 e. The summed E-state index contributed by atoms with van der Waals surface area (Å²) in [5.41, 5.74) is 2.87. The largest absolute Gasteiger partial charge is 0.340 e. The monoisotopic (exact) mass is 468 g/mol. The van der Waals surface area contributed by atoms with Gasteiger partial charge in [-0.2, -0.15) is 4.98 Å². The van der Waals surface area contributed by atoms with E-state index >= 15 is 0 Å². The van der Waals surface area contributed by atoms with Gasteiger partial charge in [0.15, 0.2) is 5.82 Å². The van der Waals surface area contributed by atoms with Gasteiger partial charge in [0.1, 0.15) is 5.82 Å². The molecule has 1 fully saturated rings. The van der Waals surface area contributed by atoms with Crippen LogP contribution in [0.1, 0.15) is 35.3 Å². The van der Waals surface area contributed by atoms with Crippen molar-refractivity contribution in [1.82, 2.24) is 19.9 Å². The molecular formula is C25H26ClFN4O2. The van der Waals surface area contributed by atoms with Crippen LogP contribution in [-0.2, 0) is 17.8 Å². The Balaban J connectivity index is 1.39. The number of rotatable bonds is 6. The van der Waals surface area contributed by atoms with E-state index in [1.807, 2.05) is 23.1 Å². The molecule has 0 saturated carbocycles. The summed E-state index contributed by atoms with van der Waals surface area (Å²) in [5, 5.41) is 4.56. The van der Waals surface area contributed by atoms with Crippen molar-refractivity contribution in [2.75, 3.05) is 19.6 Å². The van der Waals surface area contributed by atoms with E-state index in [2.05, 4.69) is 22.0 Å². The van der Waals surface area contributed by atoms with E-state index in [9.17, 15) is 9.18 Å². The van der Waals surface area contributed by atoms with Crippen LogP contribution < -0.4 is 0 Å². The SMILES string of the molecule is Cc1nc(Cc2cc(Cl)ccc2C=CC(=O)N2CCN(Cc3ccc(F)cc3)C[C@H]2C)no1. The average Bonchev–Trinajstić information content (AvgIpc) is 3.19. The molecule has 172 valence electrons. The maximum atomic E-state index is 13.1. The van der Waals surface area contributed by atoms with Gasteiger partial charge < -0.3 is 9.42 Å². The second-order valence-corrected chi connectivity index (χ2v) is 8.76. The molecule has 2 heterocycles. The second-order valence-electron chi connectivity index (χ2n) is 8.33. The molecule has 2 aromatic carbocycles. The lowest BCUT2D eigenvalue weighted by atomic mass is 10.0. The van der Waals surface area contributed by atoms with Crippen molar-refractivity contribution in [3.63, 3.8) is 0 Å². The van der Waals surface area contributed by atoms with Gasteiger partial charge in [0.2, 0.25) is 11.8 Å². The van der Waals surface area contributed by atoms with Crippen molar-refractivity contribution in [2.24, 2.45) is 0 Å². The number of hydrogen-bond acceptors (Lipinski definition) is 5. The van der Waals surface area contributed by atoms with E-state index in [0.29, 0.717) is 29.7 Å². The van der Waals surface area contributed by atoms with Crippen molar-refractivity contribution in [2.45, 2.75) is 32.9 Å². The third-order valence-electron chi connectivity index (χ3n) is 5.74. The lowest BCUT2D eigenvalue weighted by Crippen LogP contribution is -2.53. The molecule has 0 bridgehead atoms. The minimum atomic E-state index is -0.231. The van der Waals surface area contributed by atoms with Crippen LogP contribution in [0.3, 0.4) is 0 Å². The topological polar surface area (TPSA) is 62.5 Å². The molecule has 1 aliphatic heterocycles. The predicted octanol–water partition coefficient (Wildman–Crippen LogP) is 4.51. The summed E-state index contributed by atoms with van der Waals surface area (Å²) in [7, 11) is 0. The molecule has 1 amide bonds. The first-order valence-electron chi connectivity index (χ1n) is 10.9. The Morgan fingerprint density at radius 3 is 2.73 bits per heavy atom. The van der Waals surface area contributed by atoms with Crippen LogP contribution >= 0.6 is 11.6 Å². The third kappa shape index (κ3) is 6.06. The highest BCUT2D eigenvalue weighted by Crippen LogP contribution is 2.21. The Kier molecular flexibility index (Phi) is 7.20. The molecule has 8 heteroatoms. The highest BCUT2D eigenvalue weighted by molar-refractivity contribution is 6.30. The van der Waals surface area contributed by atoms with Crippen LogP contribution in [0, 0.1) is 12.7 Å². The van der Waals surface area contributed by atoms with E-state index in [0.717, 1.165) is 36.3 Å². The number of halogens is 2. The average molecular weight is 469 g/mol. The Labute approximate surface area is 197 Å². The van der Waals surface area contributed by atoms with Gasteiger partial charge in [0.25, 0.3) is 0 Å². The summed E-state index contributed by atoms with van der Waals surface area (Å²) in [4.78, 5) is 21.4. The first-order valence-corrected chi connectivity index (χ1v) is 11.3. The molecule has 0 N–H and O–H groups in total. The number of piperazine rings is 1. The van der Waals surface area contributed by atoms with E-state index in [-0.39, 0.29) is 17.8 Å². The van der Waals surface area contributed by atoms with Gasteiger partial charge in [-0.05, 0) is 54.0 Å². The fraction of sp³-hybridized carbons (Fsp3) is 0.320. The maximum absolute atomic E-state index is 13.1. The molecule has 1 saturated heterocycles. The summed E-state index contributed by atoms with van der Waals surface area (Å²) in [6.07, 6.45) is 3.89. The zero-order valence-electron chi connectivity index (χ0n) is 18.7. The summed E-state index contributed by atoms with van der Waals surface area (Å²) in [6.45, 7) is 6.71. The van der Waals surface area contributed by atoms with E-state index in [4.69, 9.17) is 16.1 Å². The normalized spacial score (nSPS) is 17.1. The van der Waals surface area contributed by atoms with Crippen LogP contribution in [0.5, 0.6) is 0 Å². The lowest BCUT2D eigenvalue weighted by molar-refractivity contribution is -0.130. The van der Waals surface area contributed by atoms with Crippen LogP contribution in [0.4, 0.5) is 4.39 Å². The van der Waals surface area contributed by atoms with E-state index in [1.165, 1.54) is 12.1 Å². The molecule has 0 spiro atoms. The van der Waals surface area contributed by atoms with Crippen LogP contribution in [-0.4, -0.2) is 51.5 Å². The minimum absolute atomic E-state index is 0.0276. The molecule has 1 atom stereocenters. The zero-order chi connectivity index (χ0) is 23.4.